The number of hydrogen-bond acceptors (Lipinski definition) is 2. The normalized spacial score (nSPS) is 10.1. The molecule has 0 amide bonds. The predicted molar refractivity (Wildman–Crippen MR) is 73.8 cm³/mol. The topological polar surface area (TPSA) is 34.1 Å². The highest BCUT2D eigenvalue weighted by Crippen LogP contribution is 2.26. The molecule has 0 aromatic heterocycles. The molecule has 0 unspecified atom stereocenters. The Hall–Kier alpha value is -1.45. The smallest absolute Gasteiger partial charge is 0.234 e. The van der Waals surface area contributed by atoms with Gasteiger partial charge in [-0.2, -0.15) is 0 Å². The Morgan fingerprint density at radius 3 is 2.39 bits per heavy atom. The van der Waals surface area contributed by atoms with Gasteiger partial charge in [0.15, 0.2) is 5.78 Å². The molecule has 18 heavy (non-hydrogen) atoms. The zero-order chi connectivity index (χ0) is 13.1. The predicted octanol–water partition coefficient (Wildman–Crippen LogP) is 3.79. The lowest BCUT2D eigenvalue weighted by Crippen LogP contribution is -2.04. The molecule has 0 spiro atoms. The molecule has 2 rings (SSSR count). The second kappa shape index (κ2) is 5.46. The van der Waals surface area contributed by atoms with E-state index in [9.17, 15) is 9.59 Å². The summed E-state index contributed by atoms with van der Waals surface area (Å²) in [5, 5.41) is 0.384. The number of halogens is 2. The zero-order valence-electron chi connectivity index (χ0n) is 9.11. The quantitative estimate of drug-likeness (QED) is 0.806. The molecule has 1 radical (unpaired) electrons. The van der Waals surface area contributed by atoms with Crippen molar-refractivity contribution < 1.29 is 9.59 Å². The SMILES string of the molecule is O=[C]c1cccc(C(=O)c2ccccc2Cl)c1Br. The lowest BCUT2D eigenvalue weighted by Gasteiger charge is -2.06. The Bertz CT molecular complexity index is 623. The highest BCUT2D eigenvalue weighted by molar-refractivity contribution is 9.10. The second-order valence-corrected chi connectivity index (χ2v) is 4.78. The summed E-state index contributed by atoms with van der Waals surface area (Å²) in [5.74, 6) is -0.232. The van der Waals surface area contributed by atoms with E-state index in [-0.39, 0.29) is 5.78 Å². The summed E-state index contributed by atoms with van der Waals surface area (Å²) < 4.78 is 0.435. The minimum Gasteiger partial charge on any atom is -0.289 e. The van der Waals surface area contributed by atoms with E-state index in [1.807, 2.05) is 0 Å². The van der Waals surface area contributed by atoms with Crippen LogP contribution < -0.4 is 0 Å². The Morgan fingerprint density at radius 2 is 1.72 bits per heavy atom. The fourth-order valence-electron chi connectivity index (χ4n) is 1.58. The van der Waals surface area contributed by atoms with Crippen molar-refractivity contribution in [3.63, 3.8) is 0 Å². The summed E-state index contributed by atoms with van der Waals surface area (Å²) in [5.41, 5.74) is 1.11. The average Bonchev–Trinajstić information content (AvgIpc) is 2.39. The third-order valence-corrected chi connectivity index (χ3v) is 3.66. The van der Waals surface area contributed by atoms with Crippen LogP contribution in [-0.2, 0) is 4.79 Å². The van der Waals surface area contributed by atoms with Gasteiger partial charge in [-0.3, -0.25) is 9.59 Å². The van der Waals surface area contributed by atoms with E-state index in [4.69, 9.17) is 11.6 Å². The molecule has 0 aliphatic carbocycles. The number of carbonyl (C=O) groups excluding carboxylic acids is 2. The molecule has 0 aliphatic heterocycles. The van der Waals surface area contributed by atoms with Crippen molar-refractivity contribution in [1.82, 2.24) is 0 Å². The van der Waals surface area contributed by atoms with Crippen LogP contribution in [0.3, 0.4) is 0 Å². The summed E-state index contributed by atoms with van der Waals surface area (Å²) in [7, 11) is 0. The number of hydrogen-bond donors (Lipinski definition) is 0. The van der Waals surface area contributed by atoms with Gasteiger partial charge in [-0.1, -0.05) is 29.8 Å². The van der Waals surface area contributed by atoms with Gasteiger partial charge in [-0.05, 0) is 40.2 Å². The van der Waals surface area contributed by atoms with Crippen molar-refractivity contribution in [3.8, 4) is 0 Å². The van der Waals surface area contributed by atoms with Crippen LogP contribution >= 0.6 is 27.5 Å². The lowest BCUT2D eigenvalue weighted by atomic mass is 10.0. The van der Waals surface area contributed by atoms with E-state index in [2.05, 4.69) is 15.9 Å². The molecule has 0 bridgehead atoms. The Balaban J connectivity index is 2.54. The van der Waals surface area contributed by atoms with Crippen LogP contribution in [0.4, 0.5) is 0 Å². The van der Waals surface area contributed by atoms with E-state index in [0.717, 1.165) is 0 Å². The maximum Gasteiger partial charge on any atom is 0.234 e. The van der Waals surface area contributed by atoms with E-state index in [0.29, 0.717) is 26.2 Å². The first-order valence-electron chi connectivity index (χ1n) is 5.11. The third kappa shape index (κ3) is 2.37. The van der Waals surface area contributed by atoms with E-state index in [1.165, 1.54) is 0 Å². The highest BCUT2D eigenvalue weighted by Gasteiger charge is 2.16. The molecule has 0 heterocycles. The maximum absolute atomic E-state index is 12.3. The molecule has 4 heteroatoms. The fourth-order valence-corrected chi connectivity index (χ4v) is 2.32. The van der Waals surface area contributed by atoms with Gasteiger partial charge in [0.05, 0.1) is 5.02 Å². The third-order valence-electron chi connectivity index (χ3n) is 2.47. The molecule has 2 aromatic rings. The molecule has 2 aromatic carbocycles. The molecular weight excluding hydrogens is 316 g/mol. The Kier molecular flexibility index (Phi) is 3.94. The largest absolute Gasteiger partial charge is 0.289 e. The first kappa shape index (κ1) is 13.0. The van der Waals surface area contributed by atoms with Crippen molar-refractivity contribution in [2.24, 2.45) is 0 Å². The summed E-state index contributed by atoms with van der Waals surface area (Å²) in [6, 6.07) is 11.6. The summed E-state index contributed by atoms with van der Waals surface area (Å²) in [4.78, 5) is 23.0. The van der Waals surface area contributed by atoms with Crippen molar-refractivity contribution in [3.05, 3.63) is 68.7 Å². The van der Waals surface area contributed by atoms with E-state index in [1.54, 1.807) is 48.8 Å². The number of benzene rings is 2. The average molecular weight is 323 g/mol. The van der Waals surface area contributed by atoms with Crippen LogP contribution in [0.25, 0.3) is 0 Å². The minimum atomic E-state index is -0.232. The molecule has 2 nitrogen and oxygen atoms in total. The number of ketones is 1. The molecule has 0 atom stereocenters. The van der Waals surface area contributed by atoms with E-state index >= 15 is 0 Å². The molecule has 0 N–H and O–H groups in total. The van der Waals surface area contributed by atoms with Gasteiger partial charge >= 0.3 is 0 Å². The van der Waals surface area contributed by atoms with Crippen LogP contribution in [0.1, 0.15) is 21.5 Å². The van der Waals surface area contributed by atoms with Crippen molar-refractivity contribution in [2.45, 2.75) is 0 Å². The Morgan fingerprint density at radius 1 is 1.06 bits per heavy atom. The van der Waals surface area contributed by atoms with Crippen LogP contribution in [0.15, 0.2) is 46.9 Å². The van der Waals surface area contributed by atoms with Crippen molar-refractivity contribution in [2.75, 3.05) is 0 Å². The molecule has 0 saturated heterocycles. The summed E-state index contributed by atoms with van der Waals surface area (Å²) in [6.45, 7) is 0. The van der Waals surface area contributed by atoms with Crippen LogP contribution in [0.2, 0.25) is 5.02 Å². The van der Waals surface area contributed by atoms with Gasteiger partial charge in [0.1, 0.15) is 0 Å². The first-order chi connectivity index (χ1) is 8.65. The molecule has 0 aliphatic rings. The fraction of sp³-hybridized carbons (Fsp3) is 0. The van der Waals surface area contributed by atoms with Crippen LogP contribution in [0, 0.1) is 0 Å². The molecule has 89 valence electrons. The van der Waals surface area contributed by atoms with E-state index < -0.39 is 0 Å². The first-order valence-corrected chi connectivity index (χ1v) is 6.28. The lowest BCUT2D eigenvalue weighted by molar-refractivity contribution is 0.103. The highest BCUT2D eigenvalue weighted by atomic mass is 79.9. The Labute approximate surface area is 118 Å². The van der Waals surface area contributed by atoms with Crippen molar-refractivity contribution in [1.29, 1.82) is 0 Å². The molecular formula is C14H7BrClO2. The van der Waals surface area contributed by atoms with Gasteiger partial charge in [0.2, 0.25) is 6.29 Å². The van der Waals surface area contributed by atoms with Gasteiger partial charge in [-0.25, -0.2) is 0 Å². The molecule has 0 saturated carbocycles. The zero-order valence-corrected chi connectivity index (χ0v) is 11.5. The minimum absolute atomic E-state index is 0.232. The summed E-state index contributed by atoms with van der Waals surface area (Å²) in [6.07, 6.45) is 1.77. The summed E-state index contributed by atoms with van der Waals surface area (Å²) >= 11 is 9.22. The molecule has 0 fully saturated rings. The van der Waals surface area contributed by atoms with Crippen LogP contribution in [0.5, 0.6) is 0 Å². The van der Waals surface area contributed by atoms with Gasteiger partial charge in [0, 0.05) is 21.2 Å². The maximum atomic E-state index is 12.3. The number of rotatable bonds is 3. The van der Waals surface area contributed by atoms with Crippen LogP contribution in [-0.4, -0.2) is 12.1 Å². The second-order valence-electron chi connectivity index (χ2n) is 3.58. The van der Waals surface area contributed by atoms with Gasteiger partial charge in [0.25, 0.3) is 0 Å². The van der Waals surface area contributed by atoms with Gasteiger partial charge < -0.3 is 0 Å². The monoisotopic (exact) mass is 321 g/mol. The van der Waals surface area contributed by atoms with Crippen molar-refractivity contribution >= 4 is 39.6 Å². The number of carbonyl (C=O) groups is 1. The van der Waals surface area contributed by atoms with Gasteiger partial charge in [-0.15, -0.1) is 0 Å². The standard InChI is InChI=1S/C14H7BrClO2/c15-13-9(8-17)4-3-6-11(13)14(18)10-5-1-2-7-12(10)16/h1-7H.